The predicted octanol–water partition coefficient (Wildman–Crippen LogP) is 3.35. The third-order valence-electron chi connectivity index (χ3n) is 4.53. The van der Waals surface area contributed by atoms with Crippen molar-refractivity contribution < 1.29 is 4.79 Å². The molecular formula is C21H24N4O. The SMILES string of the molecule is Cc1ccc(CCC(=O)NCc2cncc(-c3cnn(C)c3)c2)cc1C. The van der Waals surface area contributed by atoms with Crippen molar-refractivity contribution in [3.63, 3.8) is 0 Å². The third-order valence-corrected chi connectivity index (χ3v) is 4.53. The lowest BCUT2D eigenvalue weighted by atomic mass is 10.0. The number of hydrogen-bond donors (Lipinski definition) is 1. The van der Waals surface area contributed by atoms with Gasteiger partial charge in [-0.05, 0) is 48.6 Å². The highest BCUT2D eigenvalue weighted by Gasteiger charge is 2.06. The summed E-state index contributed by atoms with van der Waals surface area (Å²) in [5.74, 6) is 0.0509. The predicted molar refractivity (Wildman–Crippen MR) is 103 cm³/mol. The van der Waals surface area contributed by atoms with Gasteiger partial charge in [-0.1, -0.05) is 18.2 Å². The minimum Gasteiger partial charge on any atom is -0.352 e. The molecule has 26 heavy (non-hydrogen) atoms. The first-order chi connectivity index (χ1) is 12.5. The van der Waals surface area contributed by atoms with Crippen LogP contribution >= 0.6 is 0 Å². The molecule has 0 aliphatic rings. The Morgan fingerprint density at radius 1 is 1.04 bits per heavy atom. The summed E-state index contributed by atoms with van der Waals surface area (Å²) in [5, 5.41) is 7.16. The molecule has 0 atom stereocenters. The number of amides is 1. The Bertz CT molecular complexity index is 914. The molecular weight excluding hydrogens is 324 g/mol. The molecule has 5 nitrogen and oxygen atoms in total. The molecule has 0 radical (unpaired) electrons. The van der Waals surface area contributed by atoms with Crippen molar-refractivity contribution in [1.82, 2.24) is 20.1 Å². The smallest absolute Gasteiger partial charge is 0.220 e. The van der Waals surface area contributed by atoms with Crippen LogP contribution in [0.4, 0.5) is 0 Å². The van der Waals surface area contributed by atoms with E-state index in [2.05, 4.69) is 47.4 Å². The van der Waals surface area contributed by atoms with Crippen molar-refractivity contribution in [2.24, 2.45) is 7.05 Å². The second-order valence-electron chi connectivity index (χ2n) is 6.68. The van der Waals surface area contributed by atoms with E-state index in [9.17, 15) is 4.79 Å². The molecule has 134 valence electrons. The van der Waals surface area contributed by atoms with Crippen molar-refractivity contribution in [2.75, 3.05) is 0 Å². The molecule has 0 saturated carbocycles. The topological polar surface area (TPSA) is 59.8 Å². The lowest BCUT2D eigenvalue weighted by molar-refractivity contribution is -0.121. The van der Waals surface area contributed by atoms with Gasteiger partial charge in [-0.15, -0.1) is 0 Å². The number of carbonyl (C=O) groups excluding carboxylic acids is 1. The van der Waals surface area contributed by atoms with Gasteiger partial charge in [0.1, 0.15) is 0 Å². The number of aryl methyl sites for hydroxylation is 4. The maximum Gasteiger partial charge on any atom is 0.220 e. The standard InChI is InChI=1S/C21H24N4O/c1-15-4-5-17(8-16(15)2)6-7-21(26)23-11-18-9-19(12-22-10-18)20-13-24-25(3)14-20/h4-5,8-10,12-14H,6-7,11H2,1-3H3,(H,23,26). The lowest BCUT2D eigenvalue weighted by Crippen LogP contribution is -2.23. The molecule has 2 heterocycles. The van der Waals surface area contributed by atoms with Gasteiger partial charge in [-0.25, -0.2) is 0 Å². The maximum atomic E-state index is 12.2. The van der Waals surface area contributed by atoms with Crippen molar-refractivity contribution in [3.05, 3.63) is 71.3 Å². The van der Waals surface area contributed by atoms with E-state index >= 15 is 0 Å². The molecule has 0 spiro atoms. The average Bonchev–Trinajstić information content (AvgIpc) is 3.08. The Labute approximate surface area is 154 Å². The normalized spacial score (nSPS) is 10.7. The summed E-state index contributed by atoms with van der Waals surface area (Å²) in [6.07, 6.45) is 8.58. The minimum atomic E-state index is 0.0509. The van der Waals surface area contributed by atoms with Crippen molar-refractivity contribution in [2.45, 2.75) is 33.2 Å². The average molecular weight is 348 g/mol. The molecule has 0 fully saturated rings. The molecule has 3 aromatic rings. The molecule has 2 aromatic heterocycles. The van der Waals surface area contributed by atoms with Crippen molar-refractivity contribution in [1.29, 1.82) is 0 Å². The van der Waals surface area contributed by atoms with Gasteiger partial charge >= 0.3 is 0 Å². The molecule has 5 heteroatoms. The number of pyridine rings is 1. The molecule has 0 aliphatic heterocycles. The lowest BCUT2D eigenvalue weighted by Gasteiger charge is -2.08. The van der Waals surface area contributed by atoms with E-state index in [1.165, 1.54) is 16.7 Å². The second kappa shape index (κ2) is 7.95. The van der Waals surface area contributed by atoms with Crippen LogP contribution in [0, 0.1) is 13.8 Å². The van der Waals surface area contributed by atoms with Crippen LogP contribution in [0.5, 0.6) is 0 Å². The Morgan fingerprint density at radius 2 is 1.88 bits per heavy atom. The number of aromatic nitrogens is 3. The highest BCUT2D eigenvalue weighted by molar-refractivity contribution is 5.76. The first kappa shape index (κ1) is 17.9. The highest BCUT2D eigenvalue weighted by atomic mass is 16.1. The quantitative estimate of drug-likeness (QED) is 0.743. The summed E-state index contributed by atoms with van der Waals surface area (Å²) >= 11 is 0. The first-order valence-electron chi connectivity index (χ1n) is 8.77. The zero-order valence-corrected chi connectivity index (χ0v) is 15.5. The number of benzene rings is 1. The Balaban J connectivity index is 1.53. The van der Waals surface area contributed by atoms with E-state index < -0.39 is 0 Å². The van der Waals surface area contributed by atoms with E-state index in [4.69, 9.17) is 0 Å². The van der Waals surface area contributed by atoms with Crippen LogP contribution in [0.15, 0.2) is 49.1 Å². The number of rotatable bonds is 6. The molecule has 1 N–H and O–H groups in total. The minimum absolute atomic E-state index is 0.0509. The summed E-state index contributed by atoms with van der Waals surface area (Å²) in [7, 11) is 1.89. The van der Waals surface area contributed by atoms with Crippen LogP contribution in [-0.4, -0.2) is 20.7 Å². The third kappa shape index (κ3) is 4.57. The maximum absolute atomic E-state index is 12.2. The number of nitrogens with one attached hydrogen (secondary N) is 1. The zero-order chi connectivity index (χ0) is 18.5. The fraction of sp³-hybridized carbons (Fsp3) is 0.286. The fourth-order valence-electron chi connectivity index (χ4n) is 2.82. The summed E-state index contributed by atoms with van der Waals surface area (Å²) < 4.78 is 1.76. The highest BCUT2D eigenvalue weighted by Crippen LogP contribution is 2.18. The Hall–Kier alpha value is -2.95. The van der Waals surface area contributed by atoms with Crippen molar-refractivity contribution in [3.8, 4) is 11.1 Å². The van der Waals surface area contributed by atoms with E-state index in [-0.39, 0.29) is 5.91 Å². The van der Waals surface area contributed by atoms with Gasteiger partial charge in [0.15, 0.2) is 0 Å². The Kier molecular flexibility index (Phi) is 5.46. The molecule has 3 rings (SSSR count). The number of carbonyl (C=O) groups is 1. The summed E-state index contributed by atoms with van der Waals surface area (Å²) in [6, 6.07) is 8.40. The van der Waals surface area contributed by atoms with Crippen LogP contribution in [0.3, 0.4) is 0 Å². The largest absolute Gasteiger partial charge is 0.352 e. The van der Waals surface area contributed by atoms with Gasteiger partial charge < -0.3 is 5.32 Å². The van der Waals surface area contributed by atoms with Gasteiger partial charge in [0.05, 0.1) is 6.20 Å². The summed E-state index contributed by atoms with van der Waals surface area (Å²) in [4.78, 5) is 16.4. The van der Waals surface area contributed by atoms with Crippen molar-refractivity contribution >= 4 is 5.91 Å². The van der Waals surface area contributed by atoms with E-state index in [0.29, 0.717) is 13.0 Å². The van der Waals surface area contributed by atoms with Gasteiger partial charge in [-0.3, -0.25) is 14.5 Å². The number of hydrogen-bond acceptors (Lipinski definition) is 3. The molecule has 0 unspecified atom stereocenters. The summed E-state index contributed by atoms with van der Waals surface area (Å²) in [5.41, 5.74) is 6.73. The second-order valence-corrected chi connectivity index (χ2v) is 6.68. The van der Waals surface area contributed by atoms with Crippen LogP contribution < -0.4 is 5.32 Å². The Morgan fingerprint density at radius 3 is 2.62 bits per heavy atom. The molecule has 1 aromatic carbocycles. The number of nitrogens with zero attached hydrogens (tertiary/aromatic N) is 3. The fourth-order valence-corrected chi connectivity index (χ4v) is 2.82. The van der Waals surface area contributed by atoms with Gasteiger partial charge in [-0.2, -0.15) is 5.10 Å². The van der Waals surface area contributed by atoms with Crippen LogP contribution in [0.1, 0.15) is 28.7 Å². The van der Waals surface area contributed by atoms with E-state index in [1.54, 1.807) is 10.9 Å². The van der Waals surface area contributed by atoms with Crippen LogP contribution in [0.25, 0.3) is 11.1 Å². The molecule has 0 aliphatic carbocycles. The molecule has 1 amide bonds. The monoisotopic (exact) mass is 348 g/mol. The van der Waals surface area contributed by atoms with E-state index in [0.717, 1.165) is 23.1 Å². The first-order valence-corrected chi connectivity index (χ1v) is 8.77. The molecule has 0 saturated heterocycles. The summed E-state index contributed by atoms with van der Waals surface area (Å²) in [6.45, 7) is 4.67. The molecule has 0 bridgehead atoms. The van der Waals surface area contributed by atoms with E-state index in [1.807, 2.05) is 31.7 Å². The van der Waals surface area contributed by atoms with Gasteiger partial charge in [0, 0.05) is 49.7 Å². The van der Waals surface area contributed by atoms with Gasteiger partial charge in [0.2, 0.25) is 5.91 Å². The van der Waals surface area contributed by atoms with Crippen LogP contribution in [-0.2, 0) is 24.8 Å². The zero-order valence-electron chi connectivity index (χ0n) is 15.5. The van der Waals surface area contributed by atoms with Crippen LogP contribution in [0.2, 0.25) is 0 Å². The van der Waals surface area contributed by atoms with Gasteiger partial charge in [0.25, 0.3) is 0 Å².